The Morgan fingerprint density at radius 2 is 1.94 bits per heavy atom. The topological polar surface area (TPSA) is 12.0 Å². The Kier molecular flexibility index (Phi) is 5.36. The van der Waals surface area contributed by atoms with Gasteiger partial charge in [0.2, 0.25) is 0 Å². The lowest BCUT2D eigenvalue weighted by molar-refractivity contribution is 0.588. The lowest BCUT2D eigenvalue weighted by atomic mass is 10.2. The summed E-state index contributed by atoms with van der Waals surface area (Å²) in [5.74, 6) is 0. The predicted octanol–water partition coefficient (Wildman–Crippen LogP) is 4.73. The SMILES string of the molecule is CC(C)NCc1ccc(SC(C)(C)C)c(Cl)c1. The zero-order valence-electron chi connectivity index (χ0n) is 11.3. The second-order valence-corrected chi connectivity index (χ2v) is 7.79. The molecule has 0 aliphatic heterocycles. The van der Waals surface area contributed by atoms with Crippen LogP contribution in [-0.2, 0) is 6.54 Å². The number of hydrogen-bond donors (Lipinski definition) is 1. The number of thioether (sulfide) groups is 1. The molecule has 17 heavy (non-hydrogen) atoms. The summed E-state index contributed by atoms with van der Waals surface area (Å²) in [6.45, 7) is 11.8. The minimum Gasteiger partial charge on any atom is -0.310 e. The first-order chi connectivity index (χ1) is 7.78. The van der Waals surface area contributed by atoms with Gasteiger partial charge in [0.1, 0.15) is 0 Å². The zero-order chi connectivity index (χ0) is 13.1. The van der Waals surface area contributed by atoms with E-state index in [2.05, 4.69) is 58.1 Å². The highest BCUT2D eigenvalue weighted by molar-refractivity contribution is 8.00. The largest absolute Gasteiger partial charge is 0.310 e. The van der Waals surface area contributed by atoms with E-state index >= 15 is 0 Å². The number of hydrogen-bond acceptors (Lipinski definition) is 2. The smallest absolute Gasteiger partial charge is 0.0545 e. The van der Waals surface area contributed by atoms with Crippen molar-refractivity contribution in [2.45, 2.75) is 56.8 Å². The highest BCUT2D eigenvalue weighted by atomic mass is 35.5. The van der Waals surface area contributed by atoms with Gasteiger partial charge in [-0.1, -0.05) is 52.3 Å². The van der Waals surface area contributed by atoms with Gasteiger partial charge < -0.3 is 5.32 Å². The first-order valence-corrected chi connectivity index (χ1v) is 7.18. The Labute approximate surface area is 114 Å². The monoisotopic (exact) mass is 271 g/mol. The lowest BCUT2D eigenvalue weighted by Gasteiger charge is -2.19. The molecule has 96 valence electrons. The minimum atomic E-state index is 0.196. The highest BCUT2D eigenvalue weighted by Gasteiger charge is 2.14. The lowest BCUT2D eigenvalue weighted by Crippen LogP contribution is -2.21. The van der Waals surface area contributed by atoms with Crippen LogP contribution in [-0.4, -0.2) is 10.8 Å². The summed E-state index contributed by atoms with van der Waals surface area (Å²) in [6.07, 6.45) is 0. The average molecular weight is 272 g/mol. The fraction of sp³-hybridized carbons (Fsp3) is 0.571. The highest BCUT2D eigenvalue weighted by Crippen LogP contribution is 2.36. The normalized spacial score (nSPS) is 12.2. The van der Waals surface area contributed by atoms with Gasteiger partial charge in [-0.2, -0.15) is 0 Å². The summed E-state index contributed by atoms with van der Waals surface area (Å²) >= 11 is 8.11. The molecule has 0 aliphatic rings. The third-order valence-corrected chi connectivity index (χ3v) is 3.74. The molecular formula is C14H22ClNS. The molecule has 1 rings (SSSR count). The Morgan fingerprint density at radius 1 is 1.29 bits per heavy atom. The van der Waals surface area contributed by atoms with Gasteiger partial charge in [-0.25, -0.2) is 0 Å². The molecule has 0 spiro atoms. The van der Waals surface area contributed by atoms with Crippen LogP contribution in [0.2, 0.25) is 5.02 Å². The standard InChI is InChI=1S/C14H22ClNS/c1-10(2)16-9-11-6-7-13(12(15)8-11)17-14(3,4)5/h6-8,10,16H,9H2,1-5H3. The van der Waals surface area contributed by atoms with E-state index in [1.54, 1.807) is 0 Å². The Hall–Kier alpha value is -0.180. The van der Waals surface area contributed by atoms with Gasteiger partial charge in [-0.3, -0.25) is 0 Å². The second-order valence-electron chi connectivity index (χ2n) is 5.51. The fourth-order valence-electron chi connectivity index (χ4n) is 1.39. The zero-order valence-corrected chi connectivity index (χ0v) is 12.9. The van der Waals surface area contributed by atoms with Crippen LogP contribution in [0.15, 0.2) is 23.1 Å². The van der Waals surface area contributed by atoms with E-state index in [0.717, 1.165) is 16.5 Å². The Balaban J connectivity index is 2.72. The van der Waals surface area contributed by atoms with Crippen LogP contribution < -0.4 is 5.32 Å². The summed E-state index contributed by atoms with van der Waals surface area (Å²) in [5.41, 5.74) is 1.24. The minimum absolute atomic E-state index is 0.196. The maximum atomic E-state index is 6.30. The average Bonchev–Trinajstić information content (AvgIpc) is 2.17. The molecule has 0 atom stereocenters. The van der Waals surface area contributed by atoms with Gasteiger partial charge in [0.15, 0.2) is 0 Å². The van der Waals surface area contributed by atoms with Crippen molar-refractivity contribution in [2.75, 3.05) is 0 Å². The maximum absolute atomic E-state index is 6.30. The molecule has 1 aromatic carbocycles. The molecule has 0 amide bonds. The van der Waals surface area contributed by atoms with Crippen LogP contribution in [0.1, 0.15) is 40.2 Å². The van der Waals surface area contributed by atoms with Gasteiger partial charge >= 0.3 is 0 Å². The molecule has 0 saturated heterocycles. The molecule has 0 radical (unpaired) electrons. The second kappa shape index (κ2) is 6.12. The third-order valence-electron chi connectivity index (χ3n) is 2.13. The van der Waals surface area contributed by atoms with Crippen molar-refractivity contribution >= 4 is 23.4 Å². The van der Waals surface area contributed by atoms with Crippen molar-refractivity contribution in [1.29, 1.82) is 0 Å². The molecule has 0 bridgehead atoms. The summed E-state index contributed by atoms with van der Waals surface area (Å²) < 4.78 is 0.196. The van der Waals surface area contributed by atoms with Crippen LogP contribution in [0, 0.1) is 0 Å². The van der Waals surface area contributed by atoms with Gasteiger partial charge in [-0.05, 0) is 17.7 Å². The number of rotatable bonds is 4. The fourth-order valence-corrected chi connectivity index (χ4v) is 2.66. The number of halogens is 1. The Morgan fingerprint density at radius 3 is 2.41 bits per heavy atom. The Bertz CT molecular complexity index is 369. The molecule has 0 aliphatic carbocycles. The van der Waals surface area contributed by atoms with Gasteiger partial charge in [-0.15, -0.1) is 11.8 Å². The first-order valence-electron chi connectivity index (χ1n) is 5.99. The number of benzene rings is 1. The van der Waals surface area contributed by atoms with Crippen molar-refractivity contribution in [3.05, 3.63) is 28.8 Å². The van der Waals surface area contributed by atoms with Crippen molar-refractivity contribution in [1.82, 2.24) is 5.32 Å². The van der Waals surface area contributed by atoms with Gasteiger partial charge in [0.25, 0.3) is 0 Å². The van der Waals surface area contributed by atoms with E-state index in [4.69, 9.17) is 11.6 Å². The van der Waals surface area contributed by atoms with Crippen LogP contribution in [0.3, 0.4) is 0 Å². The van der Waals surface area contributed by atoms with Crippen molar-refractivity contribution in [2.24, 2.45) is 0 Å². The van der Waals surface area contributed by atoms with E-state index in [9.17, 15) is 0 Å². The van der Waals surface area contributed by atoms with Crippen LogP contribution in [0.4, 0.5) is 0 Å². The van der Waals surface area contributed by atoms with E-state index < -0.39 is 0 Å². The summed E-state index contributed by atoms with van der Waals surface area (Å²) in [5, 5.41) is 4.25. The van der Waals surface area contributed by atoms with Crippen molar-refractivity contribution < 1.29 is 0 Å². The molecule has 1 aromatic rings. The molecule has 0 fully saturated rings. The molecule has 3 heteroatoms. The van der Waals surface area contributed by atoms with E-state index in [-0.39, 0.29) is 4.75 Å². The summed E-state index contributed by atoms with van der Waals surface area (Å²) in [7, 11) is 0. The molecule has 0 saturated carbocycles. The predicted molar refractivity (Wildman–Crippen MR) is 79.0 cm³/mol. The quantitative estimate of drug-likeness (QED) is 0.795. The van der Waals surface area contributed by atoms with Crippen molar-refractivity contribution in [3.63, 3.8) is 0 Å². The molecule has 1 nitrogen and oxygen atoms in total. The van der Waals surface area contributed by atoms with Gasteiger partial charge in [0, 0.05) is 22.2 Å². The van der Waals surface area contributed by atoms with Gasteiger partial charge in [0.05, 0.1) is 5.02 Å². The molecular weight excluding hydrogens is 250 g/mol. The van der Waals surface area contributed by atoms with Crippen LogP contribution >= 0.6 is 23.4 Å². The molecule has 1 N–H and O–H groups in total. The summed E-state index contributed by atoms with van der Waals surface area (Å²) in [6, 6.07) is 6.83. The third kappa shape index (κ3) is 5.80. The molecule has 0 heterocycles. The first kappa shape index (κ1) is 14.9. The molecule has 0 aromatic heterocycles. The summed E-state index contributed by atoms with van der Waals surface area (Å²) in [4.78, 5) is 1.16. The van der Waals surface area contributed by atoms with Crippen molar-refractivity contribution in [3.8, 4) is 0 Å². The van der Waals surface area contributed by atoms with E-state index in [1.165, 1.54) is 5.56 Å². The number of nitrogens with one attached hydrogen (secondary N) is 1. The molecule has 0 unspecified atom stereocenters. The van der Waals surface area contributed by atoms with Crippen LogP contribution in [0.5, 0.6) is 0 Å². The van der Waals surface area contributed by atoms with Crippen LogP contribution in [0.25, 0.3) is 0 Å². The maximum Gasteiger partial charge on any atom is 0.0545 e. The van der Waals surface area contributed by atoms with E-state index in [0.29, 0.717) is 6.04 Å². The van der Waals surface area contributed by atoms with E-state index in [1.807, 2.05) is 11.8 Å².